The van der Waals surface area contributed by atoms with Crippen LogP contribution in [0.1, 0.15) is 29.4 Å². The van der Waals surface area contributed by atoms with Crippen molar-refractivity contribution in [1.82, 2.24) is 9.55 Å². The van der Waals surface area contributed by atoms with Gasteiger partial charge in [0, 0.05) is 25.4 Å². The molecule has 3 aromatic rings. The number of imidazole rings is 1. The minimum Gasteiger partial charge on any atom is -0.385 e. The molecule has 1 heterocycles. The second-order valence-corrected chi connectivity index (χ2v) is 6.22. The molecule has 0 aliphatic carbocycles. The van der Waals surface area contributed by atoms with Gasteiger partial charge in [0.2, 0.25) is 0 Å². The Hall–Kier alpha value is -2.39. The predicted molar refractivity (Wildman–Crippen MR) is 92.2 cm³/mol. The molecule has 0 spiro atoms. The molecule has 0 fully saturated rings. The van der Waals surface area contributed by atoms with Crippen LogP contribution in [-0.2, 0) is 18.6 Å². The van der Waals surface area contributed by atoms with Crippen molar-refractivity contribution < 1.29 is 5.11 Å². The highest BCUT2D eigenvalue weighted by Gasteiger charge is 2.27. The lowest BCUT2D eigenvalue weighted by atomic mass is 9.89. The number of nitrogens with zero attached hydrogens (tertiary/aromatic N) is 2. The molecule has 1 atom stereocenters. The van der Waals surface area contributed by atoms with Gasteiger partial charge in [-0.1, -0.05) is 54.6 Å². The van der Waals surface area contributed by atoms with Crippen molar-refractivity contribution in [3.05, 3.63) is 89.5 Å². The predicted octanol–water partition coefficient (Wildman–Crippen LogP) is 3.69. The molecule has 23 heavy (non-hydrogen) atoms. The van der Waals surface area contributed by atoms with Crippen molar-refractivity contribution in [3.8, 4) is 0 Å². The van der Waals surface area contributed by atoms with Crippen molar-refractivity contribution in [2.24, 2.45) is 0 Å². The van der Waals surface area contributed by atoms with Crippen LogP contribution in [0.2, 0.25) is 0 Å². The molecule has 0 radical (unpaired) electrons. The highest BCUT2D eigenvalue weighted by molar-refractivity contribution is 5.31. The largest absolute Gasteiger partial charge is 0.385 e. The number of rotatable bonds is 5. The van der Waals surface area contributed by atoms with E-state index in [0.29, 0.717) is 6.42 Å². The Labute approximate surface area is 137 Å². The van der Waals surface area contributed by atoms with Gasteiger partial charge in [0.05, 0.1) is 5.60 Å². The second-order valence-electron chi connectivity index (χ2n) is 6.22. The van der Waals surface area contributed by atoms with Gasteiger partial charge in [0.1, 0.15) is 5.82 Å². The van der Waals surface area contributed by atoms with Gasteiger partial charge >= 0.3 is 0 Å². The number of aryl methyl sites for hydroxylation is 1. The second kappa shape index (κ2) is 6.39. The van der Waals surface area contributed by atoms with E-state index in [9.17, 15) is 5.11 Å². The van der Waals surface area contributed by atoms with Gasteiger partial charge in [-0.25, -0.2) is 4.98 Å². The molecular formula is C20H22N2O. The maximum absolute atomic E-state index is 11.0. The summed E-state index contributed by atoms with van der Waals surface area (Å²) >= 11 is 0. The van der Waals surface area contributed by atoms with Crippen molar-refractivity contribution in [2.45, 2.75) is 32.4 Å². The third kappa shape index (κ3) is 3.51. The summed E-state index contributed by atoms with van der Waals surface area (Å²) in [6, 6.07) is 18.3. The fraction of sp³-hybridized carbons (Fsp3) is 0.250. The Morgan fingerprint density at radius 2 is 1.74 bits per heavy atom. The summed E-state index contributed by atoms with van der Waals surface area (Å²) in [5, 5.41) is 11.0. The molecule has 1 N–H and O–H groups in total. The van der Waals surface area contributed by atoms with Crippen LogP contribution in [0.4, 0.5) is 0 Å². The van der Waals surface area contributed by atoms with Gasteiger partial charge in [-0.3, -0.25) is 0 Å². The highest BCUT2D eigenvalue weighted by atomic mass is 16.3. The van der Waals surface area contributed by atoms with Gasteiger partial charge in [-0.05, 0) is 30.5 Å². The van der Waals surface area contributed by atoms with Gasteiger partial charge < -0.3 is 9.67 Å². The van der Waals surface area contributed by atoms with Crippen LogP contribution >= 0.6 is 0 Å². The lowest BCUT2D eigenvalue weighted by molar-refractivity contribution is 0.0540. The summed E-state index contributed by atoms with van der Waals surface area (Å²) < 4.78 is 2.10. The van der Waals surface area contributed by atoms with Crippen LogP contribution < -0.4 is 0 Å². The lowest BCUT2D eigenvalue weighted by Crippen LogP contribution is -2.27. The number of aromatic nitrogens is 2. The van der Waals surface area contributed by atoms with E-state index in [1.165, 1.54) is 5.56 Å². The molecular weight excluding hydrogens is 284 g/mol. The molecule has 0 aliphatic heterocycles. The minimum atomic E-state index is -0.939. The molecule has 1 aromatic heterocycles. The maximum atomic E-state index is 11.0. The van der Waals surface area contributed by atoms with Crippen molar-refractivity contribution in [1.29, 1.82) is 0 Å². The summed E-state index contributed by atoms with van der Waals surface area (Å²) in [5.41, 5.74) is 2.33. The summed E-state index contributed by atoms with van der Waals surface area (Å²) in [7, 11) is 0. The Balaban J connectivity index is 1.84. The number of hydrogen-bond acceptors (Lipinski definition) is 2. The van der Waals surface area contributed by atoms with Gasteiger partial charge in [-0.2, -0.15) is 0 Å². The van der Waals surface area contributed by atoms with E-state index in [1.807, 2.05) is 62.5 Å². The Bertz CT molecular complexity index is 775. The molecule has 3 heteroatoms. The van der Waals surface area contributed by atoms with Crippen LogP contribution in [-0.4, -0.2) is 14.7 Å². The van der Waals surface area contributed by atoms with E-state index in [4.69, 9.17) is 0 Å². The van der Waals surface area contributed by atoms with Crippen LogP contribution in [0.3, 0.4) is 0 Å². The third-order valence-electron chi connectivity index (χ3n) is 4.23. The third-order valence-corrected chi connectivity index (χ3v) is 4.23. The first-order chi connectivity index (χ1) is 11.1. The maximum Gasteiger partial charge on any atom is 0.112 e. The molecule has 3 rings (SSSR count). The summed E-state index contributed by atoms with van der Waals surface area (Å²) in [6.45, 7) is 4.65. The number of hydrogen-bond donors (Lipinski definition) is 1. The van der Waals surface area contributed by atoms with Crippen LogP contribution in [0.25, 0.3) is 0 Å². The first-order valence-corrected chi connectivity index (χ1v) is 7.89. The summed E-state index contributed by atoms with van der Waals surface area (Å²) in [4.78, 5) is 4.46. The van der Waals surface area contributed by atoms with Crippen LogP contribution in [0, 0.1) is 6.92 Å². The van der Waals surface area contributed by atoms with E-state index in [0.717, 1.165) is 23.5 Å². The van der Waals surface area contributed by atoms with Crippen molar-refractivity contribution in [3.63, 3.8) is 0 Å². The Morgan fingerprint density at radius 1 is 1.04 bits per heavy atom. The van der Waals surface area contributed by atoms with Crippen molar-refractivity contribution >= 4 is 0 Å². The zero-order chi connectivity index (χ0) is 16.3. The molecule has 118 valence electrons. The van der Waals surface area contributed by atoms with E-state index in [-0.39, 0.29) is 0 Å². The Morgan fingerprint density at radius 3 is 2.48 bits per heavy atom. The topological polar surface area (TPSA) is 38.1 Å². The molecule has 0 amide bonds. The van der Waals surface area contributed by atoms with Crippen molar-refractivity contribution in [2.75, 3.05) is 0 Å². The quantitative estimate of drug-likeness (QED) is 0.780. The highest BCUT2D eigenvalue weighted by Crippen LogP contribution is 2.27. The van der Waals surface area contributed by atoms with E-state index < -0.39 is 5.60 Å². The normalized spacial score (nSPS) is 13.7. The molecule has 0 saturated carbocycles. The first kappa shape index (κ1) is 15.5. The summed E-state index contributed by atoms with van der Waals surface area (Å²) in [6.07, 6.45) is 4.25. The number of aliphatic hydroxyl groups is 1. The van der Waals surface area contributed by atoms with E-state index in [1.54, 1.807) is 6.20 Å². The Kier molecular flexibility index (Phi) is 4.30. The van der Waals surface area contributed by atoms with Gasteiger partial charge in [-0.15, -0.1) is 0 Å². The first-order valence-electron chi connectivity index (χ1n) is 7.89. The molecule has 0 saturated heterocycles. The van der Waals surface area contributed by atoms with E-state index in [2.05, 4.69) is 21.7 Å². The summed E-state index contributed by atoms with van der Waals surface area (Å²) in [5.74, 6) is 0.891. The fourth-order valence-electron chi connectivity index (χ4n) is 3.01. The molecule has 0 bridgehead atoms. The number of benzene rings is 2. The molecule has 0 unspecified atom stereocenters. The monoisotopic (exact) mass is 306 g/mol. The fourth-order valence-corrected chi connectivity index (χ4v) is 3.01. The smallest absolute Gasteiger partial charge is 0.112 e. The van der Waals surface area contributed by atoms with Crippen LogP contribution in [0.15, 0.2) is 67.0 Å². The minimum absolute atomic E-state index is 0.484. The average molecular weight is 306 g/mol. The SMILES string of the molecule is Cc1ccccc1[C@](C)(O)Cc1nccn1Cc1ccccc1. The average Bonchev–Trinajstić information content (AvgIpc) is 2.95. The molecule has 3 nitrogen and oxygen atoms in total. The lowest BCUT2D eigenvalue weighted by Gasteiger charge is -2.25. The molecule has 2 aromatic carbocycles. The zero-order valence-electron chi connectivity index (χ0n) is 13.6. The van der Waals surface area contributed by atoms with Crippen LogP contribution in [0.5, 0.6) is 0 Å². The zero-order valence-corrected chi connectivity index (χ0v) is 13.6. The van der Waals surface area contributed by atoms with Gasteiger partial charge in [0.25, 0.3) is 0 Å². The molecule has 0 aliphatic rings. The standard InChI is InChI=1S/C20H22N2O/c1-16-8-6-7-11-18(16)20(2,23)14-19-21-12-13-22(19)15-17-9-4-3-5-10-17/h3-13,23H,14-15H2,1-2H3/t20-/m1/s1. The van der Waals surface area contributed by atoms with Gasteiger partial charge in [0.15, 0.2) is 0 Å². The van der Waals surface area contributed by atoms with E-state index >= 15 is 0 Å².